The van der Waals surface area contributed by atoms with Crippen molar-refractivity contribution >= 4 is 18.3 Å². The van der Waals surface area contributed by atoms with Gasteiger partial charge in [0.25, 0.3) is 5.91 Å². The van der Waals surface area contributed by atoms with Gasteiger partial charge in [-0.15, -0.1) is 12.4 Å². The van der Waals surface area contributed by atoms with Crippen LogP contribution >= 0.6 is 12.4 Å². The fourth-order valence-corrected chi connectivity index (χ4v) is 3.02. The van der Waals surface area contributed by atoms with Crippen molar-refractivity contribution < 1.29 is 13.6 Å². The molecule has 0 radical (unpaired) electrons. The molecule has 5 nitrogen and oxygen atoms in total. The van der Waals surface area contributed by atoms with Crippen molar-refractivity contribution in [1.82, 2.24) is 20.8 Å². The smallest absolute Gasteiger partial charge is 0.272 e. The van der Waals surface area contributed by atoms with Crippen LogP contribution in [-0.2, 0) is 13.0 Å². The largest absolute Gasteiger partial charge is 0.344 e. The van der Waals surface area contributed by atoms with Gasteiger partial charge < -0.3 is 10.6 Å². The molecule has 1 atom stereocenters. The third kappa shape index (κ3) is 4.16. The third-order valence-corrected chi connectivity index (χ3v) is 4.24. The van der Waals surface area contributed by atoms with Gasteiger partial charge in [-0.05, 0) is 12.5 Å². The SMILES string of the molecule is CCCC(NC(=O)c1n[nH]c2c1CNCC2)c1ccc(F)cc1F.Cl. The molecule has 0 spiro atoms. The number of carbonyl (C=O) groups is 1. The van der Waals surface area contributed by atoms with E-state index in [1.807, 2.05) is 6.92 Å². The van der Waals surface area contributed by atoms with Gasteiger partial charge in [-0.3, -0.25) is 9.89 Å². The van der Waals surface area contributed by atoms with Crippen molar-refractivity contribution in [2.75, 3.05) is 6.54 Å². The van der Waals surface area contributed by atoms with E-state index in [9.17, 15) is 13.6 Å². The number of nitrogens with one attached hydrogen (secondary N) is 3. The number of aromatic nitrogens is 2. The van der Waals surface area contributed by atoms with Crippen LogP contribution in [0, 0.1) is 11.6 Å². The quantitative estimate of drug-likeness (QED) is 0.757. The summed E-state index contributed by atoms with van der Waals surface area (Å²) in [7, 11) is 0. The molecule has 8 heteroatoms. The molecular weight excluding hydrogens is 350 g/mol. The molecule has 0 fully saturated rings. The first-order valence-corrected chi connectivity index (χ1v) is 8.12. The van der Waals surface area contributed by atoms with Gasteiger partial charge in [0.2, 0.25) is 0 Å². The number of H-pyrrole nitrogens is 1. The van der Waals surface area contributed by atoms with E-state index >= 15 is 0 Å². The first kappa shape index (κ1) is 19.3. The van der Waals surface area contributed by atoms with Crippen molar-refractivity contribution in [3.63, 3.8) is 0 Å². The molecule has 0 saturated heterocycles. The van der Waals surface area contributed by atoms with Crippen LogP contribution in [0.1, 0.15) is 53.1 Å². The predicted molar refractivity (Wildman–Crippen MR) is 92.7 cm³/mol. The number of nitrogens with zero attached hydrogens (tertiary/aromatic N) is 1. The minimum Gasteiger partial charge on any atom is -0.344 e. The van der Waals surface area contributed by atoms with E-state index in [2.05, 4.69) is 20.8 Å². The molecule has 1 aliphatic heterocycles. The average molecular weight is 371 g/mol. The monoisotopic (exact) mass is 370 g/mol. The molecule has 0 aliphatic carbocycles. The maximum atomic E-state index is 14.1. The fraction of sp³-hybridized carbons (Fsp3) is 0.412. The summed E-state index contributed by atoms with van der Waals surface area (Å²) in [5, 5.41) is 13.0. The molecule has 3 N–H and O–H groups in total. The van der Waals surface area contributed by atoms with Gasteiger partial charge in [-0.25, -0.2) is 8.78 Å². The third-order valence-electron chi connectivity index (χ3n) is 4.24. The Labute approximate surface area is 151 Å². The highest BCUT2D eigenvalue weighted by Crippen LogP contribution is 2.24. The average Bonchev–Trinajstić information content (AvgIpc) is 2.98. The van der Waals surface area contributed by atoms with Gasteiger partial charge in [0.1, 0.15) is 11.6 Å². The summed E-state index contributed by atoms with van der Waals surface area (Å²) in [6.07, 6.45) is 2.10. The zero-order valence-electron chi connectivity index (χ0n) is 13.9. The van der Waals surface area contributed by atoms with Crippen molar-refractivity contribution in [2.24, 2.45) is 0 Å². The fourth-order valence-electron chi connectivity index (χ4n) is 3.02. The highest BCUT2D eigenvalue weighted by atomic mass is 35.5. The van der Waals surface area contributed by atoms with Crippen LogP contribution in [0.15, 0.2) is 18.2 Å². The Morgan fingerprint density at radius 1 is 1.40 bits per heavy atom. The molecule has 1 aromatic carbocycles. The zero-order chi connectivity index (χ0) is 17.1. The second-order valence-electron chi connectivity index (χ2n) is 5.94. The van der Waals surface area contributed by atoms with Crippen LogP contribution in [0.2, 0.25) is 0 Å². The first-order chi connectivity index (χ1) is 11.6. The number of benzene rings is 1. The number of rotatable bonds is 5. The van der Waals surface area contributed by atoms with Gasteiger partial charge in [-0.2, -0.15) is 5.10 Å². The summed E-state index contributed by atoms with van der Waals surface area (Å²) in [6.45, 7) is 3.37. The lowest BCUT2D eigenvalue weighted by Gasteiger charge is -2.19. The summed E-state index contributed by atoms with van der Waals surface area (Å²) < 4.78 is 27.2. The molecular formula is C17H21ClF2N4O. The molecule has 3 rings (SSSR count). The molecule has 0 saturated carbocycles. The van der Waals surface area contributed by atoms with E-state index in [-0.39, 0.29) is 23.9 Å². The van der Waals surface area contributed by atoms with Crippen LogP contribution in [0.25, 0.3) is 0 Å². The van der Waals surface area contributed by atoms with Crippen LogP contribution in [-0.4, -0.2) is 22.6 Å². The Balaban J connectivity index is 0.00000225. The van der Waals surface area contributed by atoms with E-state index in [1.54, 1.807) is 0 Å². The number of hydrogen-bond donors (Lipinski definition) is 3. The number of hydrogen-bond acceptors (Lipinski definition) is 3. The lowest BCUT2D eigenvalue weighted by molar-refractivity contribution is 0.0927. The van der Waals surface area contributed by atoms with Gasteiger partial charge in [0.05, 0.1) is 6.04 Å². The minimum atomic E-state index is -0.653. The molecule has 1 aromatic heterocycles. The second-order valence-corrected chi connectivity index (χ2v) is 5.94. The first-order valence-electron chi connectivity index (χ1n) is 8.12. The van der Waals surface area contributed by atoms with Crippen molar-refractivity contribution in [3.8, 4) is 0 Å². The molecule has 25 heavy (non-hydrogen) atoms. The van der Waals surface area contributed by atoms with Gasteiger partial charge >= 0.3 is 0 Å². The normalized spacial score (nSPS) is 14.4. The van der Waals surface area contributed by atoms with Crippen molar-refractivity contribution in [1.29, 1.82) is 0 Å². The maximum Gasteiger partial charge on any atom is 0.272 e. The zero-order valence-corrected chi connectivity index (χ0v) is 14.7. The van der Waals surface area contributed by atoms with Gasteiger partial charge in [-0.1, -0.05) is 19.4 Å². The molecule has 2 aromatic rings. The highest BCUT2D eigenvalue weighted by molar-refractivity contribution is 5.94. The topological polar surface area (TPSA) is 69.8 Å². The van der Waals surface area contributed by atoms with Gasteiger partial charge in [0, 0.05) is 42.4 Å². The summed E-state index contributed by atoms with van der Waals surface area (Å²) in [5.74, 6) is -1.64. The Kier molecular flexibility index (Phi) is 6.50. The van der Waals surface area contributed by atoms with Gasteiger partial charge in [0.15, 0.2) is 5.69 Å². The number of carbonyl (C=O) groups excluding carboxylic acids is 1. The standard InChI is InChI=1S/C17H20F2N4O.ClH/c1-2-3-14(11-5-4-10(18)8-13(11)19)21-17(24)16-12-9-20-7-6-15(12)22-23-16;/h4-5,8,14,20H,2-3,6-7,9H2,1H3,(H,21,24)(H,22,23);1H. The molecule has 1 unspecified atom stereocenters. The van der Waals surface area contributed by atoms with Crippen LogP contribution in [0.3, 0.4) is 0 Å². The number of halogens is 3. The lowest BCUT2D eigenvalue weighted by atomic mass is 10.0. The number of fused-ring (bicyclic) bond motifs is 1. The molecule has 2 heterocycles. The van der Waals surface area contributed by atoms with E-state index < -0.39 is 17.7 Å². The van der Waals surface area contributed by atoms with E-state index in [0.29, 0.717) is 18.7 Å². The summed E-state index contributed by atoms with van der Waals surface area (Å²) in [5.41, 5.74) is 2.43. The van der Waals surface area contributed by atoms with Crippen LogP contribution in [0.4, 0.5) is 8.78 Å². The second kappa shape index (κ2) is 8.40. The summed E-state index contributed by atoms with van der Waals surface area (Å²) in [6, 6.07) is 2.90. The Hall–Kier alpha value is -1.99. The summed E-state index contributed by atoms with van der Waals surface area (Å²) in [4.78, 5) is 12.6. The molecule has 136 valence electrons. The van der Waals surface area contributed by atoms with Crippen LogP contribution < -0.4 is 10.6 Å². The van der Waals surface area contributed by atoms with Crippen molar-refractivity contribution in [3.05, 3.63) is 52.3 Å². The van der Waals surface area contributed by atoms with Crippen molar-refractivity contribution in [2.45, 2.75) is 38.8 Å². The molecule has 1 aliphatic rings. The van der Waals surface area contributed by atoms with E-state index in [4.69, 9.17) is 0 Å². The van der Waals surface area contributed by atoms with E-state index in [0.717, 1.165) is 36.7 Å². The maximum absolute atomic E-state index is 14.1. The number of amides is 1. The molecule has 0 bridgehead atoms. The Morgan fingerprint density at radius 3 is 2.92 bits per heavy atom. The molecule has 1 amide bonds. The summed E-state index contributed by atoms with van der Waals surface area (Å²) >= 11 is 0. The van der Waals surface area contributed by atoms with E-state index in [1.165, 1.54) is 12.1 Å². The lowest BCUT2D eigenvalue weighted by Crippen LogP contribution is -2.31. The highest BCUT2D eigenvalue weighted by Gasteiger charge is 2.25. The van der Waals surface area contributed by atoms with Crippen LogP contribution in [0.5, 0.6) is 0 Å². The predicted octanol–water partition coefficient (Wildman–Crippen LogP) is 3.03. The number of aromatic amines is 1. The Bertz CT molecular complexity index is 750. The minimum absolute atomic E-state index is 0. The Morgan fingerprint density at radius 2 is 2.20 bits per heavy atom.